The van der Waals surface area contributed by atoms with E-state index in [1.165, 1.54) is 6.07 Å². The molecule has 0 radical (unpaired) electrons. The molecule has 2 heterocycles. The first-order valence-corrected chi connectivity index (χ1v) is 6.14. The van der Waals surface area contributed by atoms with Gasteiger partial charge in [-0.3, -0.25) is 14.9 Å². The Balaban J connectivity index is 2.23. The maximum atomic E-state index is 12.3. The van der Waals surface area contributed by atoms with E-state index in [0.717, 1.165) is 19.3 Å². The molecule has 0 atom stereocenters. The Morgan fingerprint density at radius 3 is 2.63 bits per heavy atom. The van der Waals surface area contributed by atoms with E-state index < -0.39 is 4.92 Å². The van der Waals surface area contributed by atoms with E-state index in [0.29, 0.717) is 13.1 Å². The van der Waals surface area contributed by atoms with Gasteiger partial charge in [0.2, 0.25) is 0 Å². The lowest BCUT2D eigenvalue weighted by Crippen LogP contribution is -2.47. The fourth-order valence-electron chi connectivity index (χ4n) is 1.87. The average Bonchev–Trinajstić information content (AvgIpc) is 2.39. The lowest BCUT2D eigenvalue weighted by Gasteiger charge is -2.32. The second-order valence-corrected chi connectivity index (χ2v) is 4.74. The van der Waals surface area contributed by atoms with Crippen molar-refractivity contribution in [2.24, 2.45) is 0 Å². The molecule has 0 unspecified atom stereocenters. The van der Waals surface area contributed by atoms with E-state index in [4.69, 9.17) is 11.6 Å². The van der Waals surface area contributed by atoms with Crippen molar-refractivity contribution < 1.29 is 9.72 Å². The van der Waals surface area contributed by atoms with Crippen LogP contribution < -0.4 is 0 Å². The molecule has 1 aromatic heterocycles. The first kappa shape index (κ1) is 13.7. The smallest absolute Gasteiger partial charge is 0.288 e. The number of rotatable bonds is 2. The van der Waals surface area contributed by atoms with Gasteiger partial charge in [0.1, 0.15) is 11.3 Å². The van der Waals surface area contributed by atoms with Crippen molar-refractivity contribution in [1.29, 1.82) is 0 Å². The molecule has 0 saturated carbocycles. The van der Waals surface area contributed by atoms with Gasteiger partial charge in [-0.2, -0.15) is 0 Å². The van der Waals surface area contributed by atoms with E-state index in [1.807, 2.05) is 7.05 Å². The second-order valence-electron chi connectivity index (χ2n) is 4.38. The molecule has 1 saturated heterocycles. The summed E-state index contributed by atoms with van der Waals surface area (Å²) in [7, 11) is 1.98. The number of pyridine rings is 1. The number of hydrogen-bond acceptors (Lipinski definition) is 5. The highest BCUT2D eigenvalue weighted by Crippen LogP contribution is 2.21. The molecule has 19 heavy (non-hydrogen) atoms. The number of carbonyl (C=O) groups excluding carboxylic acids is 1. The van der Waals surface area contributed by atoms with Crippen molar-refractivity contribution in [3.63, 3.8) is 0 Å². The fraction of sp³-hybridized carbons (Fsp3) is 0.455. The number of nitrogens with zero attached hydrogens (tertiary/aromatic N) is 4. The van der Waals surface area contributed by atoms with Crippen LogP contribution in [0.5, 0.6) is 0 Å². The van der Waals surface area contributed by atoms with Gasteiger partial charge in [-0.05, 0) is 7.05 Å². The summed E-state index contributed by atoms with van der Waals surface area (Å²) in [5, 5.41) is 10.7. The van der Waals surface area contributed by atoms with E-state index in [2.05, 4.69) is 9.88 Å². The molecule has 0 aliphatic carbocycles. The Morgan fingerprint density at radius 1 is 1.42 bits per heavy atom. The molecule has 2 rings (SSSR count). The minimum atomic E-state index is -0.593. The average molecular weight is 285 g/mol. The standard InChI is InChI=1S/C11H13ClN4O3/c1-14-2-4-15(5-3-14)11(17)9-6-8(16(18)19)7-13-10(9)12/h6-7H,2-5H2,1H3. The second kappa shape index (κ2) is 5.50. The van der Waals surface area contributed by atoms with Crippen LogP contribution in [0.4, 0.5) is 5.69 Å². The molecule has 1 fully saturated rings. The Labute approximate surface area is 114 Å². The first-order valence-electron chi connectivity index (χ1n) is 5.77. The van der Waals surface area contributed by atoms with Gasteiger partial charge < -0.3 is 9.80 Å². The Bertz CT molecular complexity index is 515. The largest absolute Gasteiger partial charge is 0.336 e. The number of likely N-dealkylation sites (N-methyl/N-ethyl adjacent to an activating group) is 1. The topological polar surface area (TPSA) is 79.6 Å². The number of piperazine rings is 1. The third-order valence-corrected chi connectivity index (χ3v) is 3.36. The van der Waals surface area contributed by atoms with Crippen molar-refractivity contribution >= 4 is 23.2 Å². The summed E-state index contributed by atoms with van der Waals surface area (Å²) in [6, 6.07) is 1.18. The van der Waals surface area contributed by atoms with E-state index in [1.54, 1.807) is 4.90 Å². The first-order chi connectivity index (χ1) is 8.99. The molecule has 1 aromatic rings. The molecular weight excluding hydrogens is 272 g/mol. The minimum Gasteiger partial charge on any atom is -0.336 e. The molecule has 1 aliphatic rings. The van der Waals surface area contributed by atoms with Gasteiger partial charge >= 0.3 is 0 Å². The maximum absolute atomic E-state index is 12.3. The summed E-state index contributed by atoms with van der Waals surface area (Å²) < 4.78 is 0. The molecule has 0 N–H and O–H groups in total. The van der Waals surface area contributed by atoms with Crippen LogP contribution in [0.1, 0.15) is 10.4 Å². The summed E-state index contributed by atoms with van der Waals surface area (Å²) in [6.45, 7) is 2.69. The Morgan fingerprint density at radius 2 is 2.05 bits per heavy atom. The predicted molar refractivity (Wildman–Crippen MR) is 69.3 cm³/mol. The minimum absolute atomic E-state index is 0.00507. The Kier molecular flexibility index (Phi) is 3.96. The number of amides is 1. The third-order valence-electron chi connectivity index (χ3n) is 3.06. The van der Waals surface area contributed by atoms with E-state index in [-0.39, 0.29) is 22.3 Å². The summed E-state index contributed by atoms with van der Waals surface area (Å²) >= 11 is 5.85. The zero-order valence-corrected chi connectivity index (χ0v) is 11.1. The van der Waals surface area contributed by atoms with Crippen LogP contribution >= 0.6 is 11.6 Å². The van der Waals surface area contributed by atoms with Gasteiger partial charge in [0, 0.05) is 32.2 Å². The lowest BCUT2D eigenvalue weighted by atomic mass is 10.2. The number of carbonyl (C=O) groups is 1. The number of aromatic nitrogens is 1. The fourth-order valence-corrected chi connectivity index (χ4v) is 2.05. The molecule has 0 bridgehead atoms. The van der Waals surface area contributed by atoms with Crippen LogP contribution in [0.25, 0.3) is 0 Å². The quantitative estimate of drug-likeness (QED) is 0.460. The highest BCUT2D eigenvalue weighted by molar-refractivity contribution is 6.32. The number of halogens is 1. The monoisotopic (exact) mass is 284 g/mol. The van der Waals surface area contributed by atoms with Crippen LogP contribution in [-0.4, -0.2) is 58.8 Å². The van der Waals surface area contributed by atoms with Crippen molar-refractivity contribution in [3.8, 4) is 0 Å². The van der Waals surface area contributed by atoms with Crippen molar-refractivity contribution in [2.45, 2.75) is 0 Å². The molecular formula is C11H13ClN4O3. The van der Waals surface area contributed by atoms with Crippen LogP contribution in [0.2, 0.25) is 5.15 Å². The summed E-state index contributed by atoms with van der Waals surface area (Å²) in [5.41, 5.74) is -0.151. The molecule has 7 nitrogen and oxygen atoms in total. The number of hydrogen-bond donors (Lipinski definition) is 0. The van der Waals surface area contributed by atoms with Gasteiger partial charge in [0.25, 0.3) is 11.6 Å². The zero-order valence-electron chi connectivity index (χ0n) is 10.4. The zero-order chi connectivity index (χ0) is 14.0. The van der Waals surface area contributed by atoms with Crippen LogP contribution in [0.3, 0.4) is 0 Å². The lowest BCUT2D eigenvalue weighted by molar-refractivity contribution is -0.385. The third kappa shape index (κ3) is 2.99. The summed E-state index contributed by atoms with van der Waals surface area (Å²) in [6.07, 6.45) is 1.04. The Hall–Kier alpha value is -1.73. The maximum Gasteiger partial charge on any atom is 0.288 e. The molecule has 0 aromatic carbocycles. The molecule has 0 spiro atoms. The molecule has 1 aliphatic heterocycles. The normalized spacial score (nSPS) is 16.4. The van der Waals surface area contributed by atoms with Crippen molar-refractivity contribution in [3.05, 3.63) is 33.1 Å². The predicted octanol–water partition coefficient (Wildman–Crippen LogP) is 1.03. The van der Waals surface area contributed by atoms with Crippen LogP contribution in [-0.2, 0) is 0 Å². The van der Waals surface area contributed by atoms with Crippen LogP contribution in [0, 0.1) is 10.1 Å². The van der Waals surface area contributed by atoms with Crippen molar-refractivity contribution in [1.82, 2.24) is 14.8 Å². The summed E-state index contributed by atoms with van der Waals surface area (Å²) in [4.78, 5) is 29.8. The van der Waals surface area contributed by atoms with Gasteiger partial charge in [0.05, 0.1) is 10.5 Å². The molecule has 102 valence electrons. The highest BCUT2D eigenvalue weighted by atomic mass is 35.5. The van der Waals surface area contributed by atoms with Gasteiger partial charge in [0.15, 0.2) is 0 Å². The molecule has 8 heteroatoms. The highest BCUT2D eigenvalue weighted by Gasteiger charge is 2.24. The SMILES string of the molecule is CN1CCN(C(=O)c2cc([N+](=O)[O-])cnc2Cl)CC1. The van der Waals surface area contributed by atoms with Gasteiger partial charge in [-0.25, -0.2) is 4.98 Å². The van der Waals surface area contributed by atoms with Gasteiger partial charge in [-0.1, -0.05) is 11.6 Å². The van der Waals surface area contributed by atoms with Crippen LogP contribution in [0.15, 0.2) is 12.3 Å². The number of nitro groups is 1. The van der Waals surface area contributed by atoms with Crippen molar-refractivity contribution in [2.75, 3.05) is 33.2 Å². The summed E-state index contributed by atoms with van der Waals surface area (Å²) in [5.74, 6) is -0.311. The molecule has 1 amide bonds. The van der Waals surface area contributed by atoms with Gasteiger partial charge in [-0.15, -0.1) is 0 Å². The van der Waals surface area contributed by atoms with E-state index in [9.17, 15) is 14.9 Å². The van der Waals surface area contributed by atoms with E-state index >= 15 is 0 Å².